The SMILES string of the molecule is CCCC(CCCc1ccccc1C)Cc1ccc(C(=O)CCCCCC2CCCC2=O)cc1C(C)C(=O)c1ccoc1. The minimum absolute atomic E-state index is 0.0210. The van der Waals surface area contributed by atoms with Crippen molar-refractivity contribution in [3.05, 3.63) is 94.4 Å². The molecule has 1 aliphatic carbocycles. The molecular weight excluding hydrogens is 532 g/mol. The number of hydrogen-bond acceptors (Lipinski definition) is 4. The standard InChI is InChI=1S/C39H50O4/c1-4-12-30(14-10-17-31-15-9-8-13-28(31)2)25-33-21-22-34(26-36(33)29(3)39(42)35-23-24-43-27-35)38(41)19-7-5-6-16-32-18-11-20-37(32)40/h8-9,13,15,21-24,26-27,29-30,32H,4-7,10-12,14,16-20,25H2,1-3H3. The Morgan fingerprint density at radius 1 is 0.953 bits per heavy atom. The van der Waals surface area contributed by atoms with E-state index in [4.69, 9.17) is 4.42 Å². The molecule has 2 aromatic carbocycles. The van der Waals surface area contributed by atoms with Crippen molar-refractivity contribution in [1.82, 2.24) is 0 Å². The topological polar surface area (TPSA) is 64.3 Å². The summed E-state index contributed by atoms with van der Waals surface area (Å²) in [6, 6.07) is 16.4. The normalized spacial score (nSPS) is 16.3. The second-order valence-electron chi connectivity index (χ2n) is 12.8. The maximum absolute atomic E-state index is 13.4. The molecular formula is C39H50O4. The van der Waals surface area contributed by atoms with Gasteiger partial charge in [0.2, 0.25) is 0 Å². The molecule has 1 heterocycles. The molecule has 1 aromatic heterocycles. The molecule has 3 unspecified atom stereocenters. The van der Waals surface area contributed by atoms with Crippen LogP contribution in [0.25, 0.3) is 0 Å². The van der Waals surface area contributed by atoms with E-state index in [1.807, 2.05) is 19.1 Å². The highest BCUT2D eigenvalue weighted by Crippen LogP contribution is 2.31. The summed E-state index contributed by atoms with van der Waals surface area (Å²) < 4.78 is 5.21. The molecule has 0 bridgehead atoms. The van der Waals surface area contributed by atoms with Crippen molar-refractivity contribution in [2.24, 2.45) is 11.8 Å². The van der Waals surface area contributed by atoms with Gasteiger partial charge in [-0.05, 0) is 98.6 Å². The van der Waals surface area contributed by atoms with Crippen LogP contribution in [0, 0.1) is 18.8 Å². The van der Waals surface area contributed by atoms with Crippen molar-refractivity contribution < 1.29 is 18.8 Å². The van der Waals surface area contributed by atoms with Gasteiger partial charge in [0.1, 0.15) is 12.0 Å². The molecule has 0 N–H and O–H groups in total. The largest absolute Gasteiger partial charge is 0.472 e. The third-order valence-corrected chi connectivity index (χ3v) is 9.55. The predicted molar refractivity (Wildman–Crippen MR) is 174 cm³/mol. The third-order valence-electron chi connectivity index (χ3n) is 9.55. The number of carbonyl (C=O) groups excluding carboxylic acids is 3. The van der Waals surface area contributed by atoms with Crippen molar-refractivity contribution >= 4 is 17.3 Å². The average Bonchev–Trinajstić information content (AvgIpc) is 3.69. The molecule has 3 atom stereocenters. The van der Waals surface area contributed by atoms with Crippen LogP contribution in [0.5, 0.6) is 0 Å². The number of rotatable bonds is 18. The van der Waals surface area contributed by atoms with E-state index in [9.17, 15) is 14.4 Å². The number of furan rings is 1. The first-order chi connectivity index (χ1) is 20.9. The molecule has 1 aliphatic rings. The lowest BCUT2D eigenvalue weighted by atomic mass is 9.82. The minimum atomic E-state index is -0.362. The summed E-state index contributed by atoms with van der Waals surface area (Å²) in [5.41, 5.74) is 6.19. The summed E-state index contributed by atoms with van der Waals surface area (Å²) in [4.78, 5) is 38.6. The maximum atomic E-state index is 13.4. The first-order valence-electron chi connectivity index (χ1n) is 16.7. The zero-order chi connectivity index (χ0) is 30.6. The Labute approximate surface area is 258 Å². The highest BCUT2D eigenvalue weighted by atomic mass is 16.3. The summed E-state index contributed by atoms with van der Waals surface area (Å²) in [5.74, 6) is 0.994. The van der Waals surface area contributed by atoms with E-state index in [-0.39, 0.29) is 23.4 Å². The molecule has 4 rings (SSSR count). The third kappa shape index (κ3) is 9.36. The quantitative estimate of drug-likeness (QED) is 0.111. The maximum Gasteiger partial charge on any atom is 0.173 e. The molecule has 0 radical (unpaired) electrons. The molecule has 4 nitrogen and oxygen atoms in total. The zero-order valence-corrected chi connectivity index (χ0v) is 26.5. The summed E-state index contributed by atoms with van der Waals surface area (Å²) >= 11 is 0. The van der Waals surface area contributed by atoms with Crippen LogP contribution < -0.4 is 0 Å². The van der Waals surface area contributed by atoms with E-state index in [0.717, 1.165) is 89.0 Å². The molecule has 230 valence electrons. The number of benzene rings is 2. The first kappa shape index (κ1) is 32.6. The Morgan fingerprint density at radius 3 is 2.51 bits per heavy atom. The van der Waals surface area contributed by atoms with E-state index in [2.05, 4.69) is 44.2 Å². The van der Waals surface area contributed by atoms with E-state index < -0.39 is 0 Å². The molecule has 0 amide bonds. The highest BCUT2D eigenvalue weighted by molar-refractivity contribution is 6.01. The smallest absolute Gasteiger partial charge is 0.173 e. The average molecular weight is 583 g/mol. The van der Waals surface area contributed by atoms with Gasteiger partial charge in [-0.2, -0.15) is 0 Å². The Bertz CT molecular complexity index is 1340. The van der Waals surface area contributed by atoms with Gasteiger partial charge in [-0.1, -0.05) is 75.9 Å². The number of ketones is 3. The Balaban J connectivity index is 1.43. The summed E-state index contributed by atoms with van der Waals surface area (Å²) in [6.45, 7) is 6.39. The van der Waals surface area contributed by atoms with Crippen molar-refractivity contribution in [3.63, 3.8) is 0 Å². The fourth-order valence-corrected chi connectivity index (χ4v) is 6.88. The van der Waals surface area contributed by atoms with Crippen LogP contribution in [-0.4, -0.2) is 17.3 Å². The highest BCUT2D eigenvalue weighted by Gasteiger charge is 2.25. The second-order valence-corrected chi connectivity index (χ2v) is 12.8. The van der Waals surface area contributed by atoms with Gasteiger partial charge in [-0.15, -0.1) is 0 Å². The molecule has 43 heavy (non-hydrogen) atoms. The van der Waals surface area contributed by atoms with E-state index >= 15 is 0 Å². The number of Topliss-reactive ketones (excluding diaryl/α,β-unsaturated/α-hetero) is 3. The van der Waals surface area contributed by atoms with Gasteiger partial charge in [-0.3, -0.25) is 14.4 Å². The first-order valence-corrected chi connectivity index (χ1v) is 16.7. The number of carbonyl (C=O) groups is 3. The molecule has 1 saturated carbocycles. The van der Waals surface area contributed by atoms with Gasteiger partial charge in [0.05, 0.1) is 11.8 Å². The summed E-state index contributed by atoms with van der Waals surface area (Å²) in [6.07, 6.45) is 16.7. The van der Waals surface area contributed by atoms with Crippen molar-refractivity contribution in [2.75, 3.05) is 0 Å². The number of hydrogen-bond donors (Lipinski definition) is 0. The molecule has 1 fully saturated rings. The van der Waals surface area contributed by atoms with Crippen molar-refractivity contribution in [1.29, 1.82) is 0 Å². The predicted octanol–water partition coefficient (Wildman–Crippen LogP) is 10.1. The van der Waals surface area contributed by atoms with Crippen molar-refractivity contribution in [2.45, 2.75) is 117 Å². The van der Waals surface area contributed by atoms with Crippen LogP contribution >= 0.6 is 0 Å². The van der Waals surface area contributed by atoms with Gasteiger partial charge in [0, 0.05) is 30.2 Å². The molecule has 4 heteroatoms. The molecule has 0 saturated heterocycles. The van der Waals surface area contributed by atoms with Crippen LogP contribution in [0.4, 0.5) is 0 Å². The Morgan fingerprint density at radius 2 is 1.79 bits per heavy atom. The lowest BCUT2D eigenvalue weighted by molar-refractivity contribution is -0.120. The lowest BCUT2D eigenvalue weighted by Gasteiger charge is -2.22. The van der Waals surface area contributed by atoms with Gasteiger partial charge >= 0.3 is 0 Å². The fraction of sp³-hybridized carbons (Fsp3) is 0.513. The lowest BCUT2D eigenvalue weighted by Crippen LogP contribution is -2.15. The number of aryl methyl sites for hydroxylation is 2. The van der Waals surface area contributed by atoms with Crippen LogP contribution in [0.2, 0.25) is 0 Å². The van der Waals surface area contributed by atoms with E-state index in [1.165, 1.54) is 29.2 Å². The van der Waals surface area contributed by atoms with Gasteiger partial charge in [-0.25, -0.2) is 0 Å². The van der Waals surface area contributed by atoms with Crippen LogP contribution in [0.15, 0.2) is 65.5 Å². The van der Waals surface area contributed by atoms with Gasteiger partial charge in [0.15, 0.2) is 11.6 Å². The summed E-state index contributed by atoms with van der Waals surface area (Å²) in [5, 5.41) is 0. The van der Waals surface area contributed by atoms with Gasteiger partial charge in [0.25, 0.3) is 0 Å². The zero-order valence-electron chi connectivity index (χ0n) is 26.5. The van der Waals surface area contributed by atoms with Crippen molar-refractivity contribution in [3.8, 4) is 0 Å². The molecule has 0 aliphatic heterocycles. The molecule has 3 aromatic rings. The fourth-order valence-electron chi connectivity index (χ4n) is 6.88. The van der Waals surface area contributed by atoms with Crippen LogP contribution in [-0.2, 0) is 17.6 Å². The van der Waals surface area contributed by atoms with E-state index in [0.29, 0.717) is 29.2 Å². The van der Waals surface area contributed by atoms with Gasteiger partial charge < -0.3 is 4.42 Å². The monoisotopic (exact) mass is 582 g/mol. The van der Waals surface area contributed by atoms with E-state index in [1.54, 1.807) is 6.07 Å². The Hall–Kier alpha value is -3.27. The second kappa shape index (κ2) is 16.5. The summed E-state index contributed by atoms with van der Waals surface area (Å²) in [7, 11) is 0. The van der Waals surface area contributed by atoms with Crippen LogP contribution in [0.3, 0.4) is 0 Å². The number of unbranched alkanes of at least 4 members (excludes halogenated alkanes) is 2. The minimum Gasteiger partial charge on any atom is -0.472 e. The molecule has 0 spiro atoms. The van der Waals surface area contributed by atoms with Crippen LogP contribution in [0.1, 0.15) is 140 Å². The Kier molecular flexibility index (Phi) is 12.6.